The van der Waals surface area contributed by atoms with Crippen LogP contribution in [-0.2, 0) is 28.6 Å². The van der Waals surface area contributed by atoms with E-state index >= 15 is 0 Å². The molecule has 0 rings (SSSR count). The smallest absolute Gasteiger partial charge is 0.306 e. The van der Waals surface area contributed by atoms with Crippen molar-refractivity contribution in [2.24, 2.45) is 0 Å². The second-order valence-electron chi connectivity index (χ2n) is 23.5. The maximum absolute atomic E-state index is 12.9. The van der Waals surface area contributed by atoms with E-state index in [0.29, 0.717) is 19.3 Å². The van der Waals surface area contributed by atoms with Gasteiger partial charge in [-0.25, -0.2) is 0 Å². The number of hydrogen-bond donors (Lipinski definition) is 0. The zero-order valence-electron chi connectivity index (χ0n) is 51.6. The monoisotopic (exact) mass is 1070 g/mol. The zero-order chi connectivity index (χ0) is 55.0. The van der Waals surface area contributed by atoms with Crippen molar-refractivity contribution < 1.29 is 28.6 Å². The number of carbonyl (C=O) groups excluding carboxylic acids is 3. The van der Waals surface area contributed by atoms with Crippen LogP contribution in [0.2, 0.25) is 0 Å². The third kappa shape index (κ3) is 62.7. The first-order valence-corrected chi connectivity index (χ1v) is 34.3. The van der Waals surface area contributed by atoms with Gasteiger partial charge in [-0.1, -0.05) is 340 Å². The van der Waals surface area contributed by atoms with Crippen molar-refractivity contribution in [2.75, 3.05) is 13.2 Å². The van der Waals surface area contributed by atoms with Crippen molar-refractivity contribution in [3.05, 3.63) is 24.3 Å². The first-order valence-electron chi connectivity index (χ1n) is 34.3. The van der Waals surface area contributed by atoms with Gasteiger partial charge in [0.15, 0.2) is 6.10 Å². The van der Waals surface area contributed by atoms with Crippen LogP contribution >= 0.6 is 0 Å². The average Bonchev–Trinajstić information content (AvgIpc) is 3.42. The average molecular weight is 1070 g/mol. The molecule has 0 amide bonds. The van der Waals surface area contributed by atoms with Crippen LogP contribution in [0, 0.1) is 0 Å². The Bertz CT molecular complexity index is 1230. The molecular weight excluding hydrogens is 937 g/mol. The molecule has 6 heteroatoms. The summed E-state index contributed by atoms with van der Waals surface area (Å²) < 4.78 is 17.0. The van der Waals surface area contributed by atoms with Gasteiger partial charge in [-0.15, -0.1) is 0 Å². The second kappa shape index (κ2) is 65.4. The van der Waals surface area contributed by atoms with Crippen LogP contribution in [0.3, 0.4) is 0 Å². The van der Waals surface area contributed by atoms with Gasteiger partial charge in [-0.05, 0) is 51.4 Å². The summed E-state index contributed by atoms with van der Waals surface area (Å²) in [6.45, 7) is 6.70. The molecule has 0 saturated carbocycles. The fourth-order valence-electron chi connectivity index (χ4n) is 10.5. The van der Waals surface area contributed by atoms with Crippen LogP contribution in [0.1, 0.15) is 387 Å². The highest BCUT2D eigenvalue weighted by Crippen LogP contribution is 2.19. The third-order valence-electron chi connectivity index (χ3n) is 15.7. The maximum atomic E-state index is 12.9. The number of esters is 3. The summed E-state index contributed by atoms with van der Waals surface area (Å²) in [7, 11) is 0. The first-order chi connectivity index (χ1) is 37.5. The predicted octanol–water partition coefficient (Wildman–Crippen LogP) is 23.4. The van der Waals surface area contributed by atoms with Gasteiger partial charge in [0.1, 0.15) is 13.2 Å². The van der Waals surface area contributed by atoms with Crippen LogP contribution in [-0.4, -0.2) is 37.2 Å². The Hall–Kier alpha value is -2.11. The van der Waals surface area contributed by atoms with E-state index in [9.17, 15) is 14.4 Å². The molecule has 0 aromatic carbocycles. The minimum absolute atomic E-state index is 0.0693. The van der Waals surface area contributed by atoms with Gasteiger partial charge < -0.3 is 14.2 Å². The van der Waals surface area contributed by atoms with Crippen molar-refractivity contribution in [3.8, 4) is 0 Å². The van der Waals surface area contributed by atoms with Gasteiger partial charge >= 0.3 is 17.9 Å². The van der Waals surface area contributed by atoms with Crippen molar-refractivity contribution >= 4 is 17.9 Å². The van der Waals surface area contributed by atoms with E-state index in [1.165, 1.54) is 270 Å². The Balaban J connectivity index is 4.28. The summed E-state index contributed by atoms with van der Waals surface area (Å²) in [6.07, 6.45) is 79.1. The van der Waals surface area contributed by atoms with Crippen LogP contribution in [0.5, 0.6) is 0 Å². The molecule has 6 nitrogen and oxygen atoms in total. The third-order valence-corrected chi connectivity index (χ3v) is 15.7. The van der Waals surface area contributed by atoms with Crippen LogP contribution < -0.4 is 0 Å². The van der Waals surface area contributed by atoms with E-state index in [2.05, 4.69) is 45.1 Å². The summed E-state index contributed by atoms with van der Waals surface area (Å²) in [5.74, 6) is -0.851. The first kappa shape index (κ1) is 73.9. The number of unbranched alkanes of at least 4 members (excludes halogenated alkanes) is 49. The molecule has 0 aliphatic carbocycles. The van der Waals surface area contributed by atoms with E-state index in [1.54, 1.807) is 0 Å². The molecule has 1 atom stereocenters. The minimum atomic E-state index is -0.774. The Kier molecular flexibility index (Phi) is 63.6. The molecule has 0 heterocycles. The molecule has 76 heavy (non-hydrogen) atoms. The predicted molar refractivity (Wildman–Crippen MR) is 330 cm³/mol. The maximum Gasteiger partial charge on any atom is 0.306 e. The van der Waals surface area contributed by atoms with Crippen LogP contribution in [0.25, 0.3) is 0 Å². The number of allylic oxidation sites excluding steroid dienone is 4. The van der Waals surface area contributed by atoms with Gasteiger partial charge in [0, 0.05) is 19.3 Å². The Labute approximate surface area is 474 Å². The molecule has 0 aliphatic rings. The number of rotatable bonds is 64. The minimum Gasteiger partial charge on any atom is -0.462 e. The summed E-state index contributed by atoms with van der Waals surface area (Å²) in [5.41, 5.74) is 0. The topological polar surface area (TPSA) is 78.9 Å². The van der Waals surface area contributed by atoms with Gasteiger partial charge in [0.2, 0.25) is 0 Å². The summed E-state index contributed by atoms with van der Waals surface area (Å²) >= 11 is 0. The largest absolute Gasteiger partial charge is 0.462 e. The lowest BCUT2D eigenvalue weighted by atomic mass is 10.0. The normalized spacial score (nSPS) is 12.1. The summed E-state index contributed by atoms with van der Waals surface area (Å²) in [6, 6.07) is 0. The number of carbonyl (C=O) groups is 3. The molecule has 0 saturated heterocycles. The lowest BCUT2D eigenvalue weighted by Crippen LogP contribution is -2.30. The van der Waals surface area contributed by atoms with E-state index in [4.69, 9.17) is 14.2 Å². The summed E-state index contributed by atoms with van der Waals surface area (Å²) in [5, 5.41) is 0. The zero-order valence-corrected chi connectivity index (χ0v) is 51.6. The van der Waals surface area contributed by atoms with Crippen molar-refractivity contribution in [1.29, 1.82) is 0 Å². The highest BCUT2D eigenvalue weighted by Gasteiger charge is 2.19. The lowest BCUT2D eigenvalue weighted by Gasteiger charge is -2.18. The SMILES string of the molecule is CCCCCC/C=C\C/C=C\CCCCCCCC(=O)OCC(COC(=O)CCCCCCCCCCCCCCCCCCCCCCCCC)OC(=O)CCCCCCCCCCCCCCCCCCCCC. The fraction of sp³-hybridized carbons (Fsp3) is 0.900. The molecule has 0 spiro atoms. The second-order valence-corrected chi connectivity index (χ2v) is 23.5. The molecule has 0 bridgehead atoms. The standard InChI is InChI=1S/C70H132O6/c1-4-7-10-13-16-19-22-25-28-31-33-34-35-36-38-39-42-45-48-51-54-57-60-63-69(72)75-66-67(65-74-68(71)62-59-56-53-50-47-44-41-30-27-24-21-18-15-12-9-6-3)76-70(73)64-61-58-55-52-49-46-43-40-37-32-29-26-23-20-17-14-11-8-5-2/h21,24,30,41,67H,4-20,22-23,25-29,31-40,42-66H2,1-3H3/b24-21-,41-30-. The van der Waals surface area contributed by atoms with Crippen LogP contribution in [0.15, 0.2) is 24.3 Å². The molecule has 448 valence electrons. The molecule has 0 fully saturated rings. The fourth-order valence-corrected chi connectivity index (χ4v) is 10.5. The lowest BCUT2D eigenvalue weighted by molar-refractivity contribution is -0.167. The van der Waals surface area contributed by atoms with Gasteiger partial charge in [-0.2, -0.15) is 0 Å². The molecule has 0 aliphatic heterocycles. The van der Waals surface area contributed by atoms with Gasteiger partial charge in [0.05, 0.1) is 0 Å². The molecule has 0 aromatic rings. The Morgan fingerprint density at radius 3 is 0.737 bits per heavy atom. The highest BCUT2D eigenvalue weighted by molar-refractivity contribution is 5.71. The Morgan fingerprint density at radius 1 is 0.263 bits per heavy atom. The van der Waals surface area contributed by atoms with E-state index < -0.39 is 6.10 Å². The van der Waals surface area contributed by atoms with Crippen molar-refractivity contribution in [3.63, 3.8) is 0 Å². The Morgan fingerprint density at radius 2 is 0.474 bits per heavy atom. The van der Waals surface area contributed by atoms with E-state index in [0.717, 1.165) is 77.0 Å². The van der Waals surface area contributed by atoms with Crippen molar-refractivity contribution in [1.82, 2.24) is 0 Å². The molecule has 1 unspecified atom stereocenters. The quantitative estimate of drug-likeness (QED) is 0.0261. The molecule has 0 aromatic heterocycles. The number of ether oxygens (including phenoxy) is 3. The van der Waals surface area contributed by atoms with Crippen LogP contribution in [0.4, 0.5) is 0 Å². The van der Waals surface area contributed by atoms with E-state index in [-0.39, 0.29) is 31.1 Å². The van der Waals surface area contributed by atoms with Crippen molar-refractivity contribution in [2.45, 2.75) is 393 Å². The van der Waals surface area contributed by atoms with Gasteiger partial charge in [0.25, 0.3) is 0 Å². The van der Waals surface area contributed by atoms with Gasteiger partial charge in [-0.3, -0.25) is 14.4 Å². The van der Waals surface area contributed by atoms with E-state index in [1.807, 2.05) is 0 Å². The number of hydrogen-bond acceptors (Lipinski definition) is 6. The highest BCUT2D eigenvalue weighted by atomic mass is 16.6. The molecule has 0 radical (unpaired) electrons. The summed E-state index contributed by atoms with van der Waals surface area (Å²) in [4.78, 5) is 38.4. The molecular formula is C70H132O6. The molecule has 0 N–H and O–H groups in total.